The van der Waals surface area contributed by atoms with Crippen LogP contribution in [-0.4, -0.2) is 45.0 Å². The van der Waals surface area contributed by atoms with Gasteiger partial charge in [-0.05, 0) is 48.4 Å². The number of hydrogen-bond donors (Lipinski definition) is 1. The van der Waals surface area contributed by atoms with Crippen molar-refractivity contribution < 1.29 is 17.9 Å². The number of sulfonamides is 1. The van der Waals surface area contributed by atoms with Gasteiger partial charge in [-0.1, -0.05) is 19.9 Å². The molecule has 0 radical (unpaired) electrons. The molecular formula is C19H28N2O4S. The molecule has 0 bridgehead atoms. The second-order valence-electron chi connectivity index (χ2n) is 7.58. The maximum absolute atomic E-state index is 12.5. The van der Waals surface area contributed by atoms with Gasteiger partial charge in [0.15, 0.2) is 0 Å². The molecule has 1 amide bonds. The molecule has 26 heavy (non-hydrogen) atoms. The average molecular weight is 381 g/mol. The molecule has 1 fully saturated rings. The van der Waals surface area contributed by atoms with E-state index in [4.69, 9.17) is 4.74 Å². The topological polar surface area (TPSA) is 75.7 Å². The molecule has 0 aliphatic carbocycles. The maximum Gasteiger partial charge on any atom is 0.240 e. The van der Waals surface area contributed by atoms with Crippen molar-refractivity contribution in [2.75, 3.05) is 19.7 Å². The van der Waals surface area contributed by atoms with Crippen LogP contribution in [0, 0.1) is 5.92 Å². The van der Waals surface area contributed by atoms with E-state index in [0.29, 0.717) is 45.0 Å². The predicted molar refractivity (Wildman–Crippen MR) is 99.2 cm³/mol. The first kappa shape index (κ1) is 19.3. The Morgan fingerprint density at radius 3 is 2.85 bits per heavy atom. The number of carbonyl (C=O) groups is 1. The summed E-state index contributed by atoms with van der Waals surface area (Å²) in [6, 6.07) is 5.22. The third kappa shape index (κ3) is 4.64. The molecule has 0 saturated carbocycles. The zero-order chi connectivity index (χ0) is 18.7. The molecule has 1 N–H and O–H groups in total. The third-order valence-corrected chi connectivity index (χ3v) is 6.38. The van der Waals surface area contributed by atoms with Gasteiger partial charge in [-0.2, -0.15) is 0 Å². The van der Waals surface area contributed by atoms with E-state index in [1.54, 1.807) is 12.1 Å². The number of nitrogens with zero attached hydrogens (tertiary/aromatic N) is 1. The summed E-state index contributed by atoms with van der Waals surface area (Å²) >= 11 is 0. The first-order valence-corrected chi connectivity index (χ1v) is 10.8. The number of fused-ring (bicyclic) bond motifs is 1. The molecule has 144 valence electrons. The molecule has 1 atom stereocenters. The minimum atomic E-state index is -3.54. The van der Waals surface area contributed by atoms with E-state index in [1.807, 2.05) is 24.8 Å². The van der Waals surface area contributed by atoms with Crippen LogP contribution >= 0.6 is 0 Å². The Hall–Kier alpha value is -1.44. The number of carbonyl (C=O) groups excluding carboxylic acids is 1. The Kier molecular flexibility index (Phi) is 5.99. The van der Waals surface area contributed by atoms with Crippen molar-refractivity contribution in [1.82, 2.24) is 9.62 Å². The lowest BCUT2D eigenvalue weighted by Gasteiger charge is -2.29. The van der Waals surface area contributed by atoms with Crippen LogP contribution in [0.25, 0.3) is 0 Å². The SMILES string of the molecule is CC(C)CC(=O)N1CCc2cc(S(=O)(=O)NCC3CCCO3)ccc2C1. The Bertz CT molecular complexity index is 755. The van der Waals surface area contributed by atoms with Gasteiger partial charge in [0, 0.05) is 32.7 Å². The summed E-state index contributed by atoms with van der Waals surface area (Å²) in [5.74, 6) is 0.506. The molecule has 2 aliphatic rings. The van der Waals surface area contributed by atoms with E-state index < -0.39 is 10.0 Å². The summed E-state index contributed by atoms with van der Waals surface area (Å²) in [6.07, 6.45) is 3.09. The number of benzene rings is 1. The molecule has 1 unspecified atom stereocenters. The van der Waals surface area contributed by atoms with Gasteiger partial charge in [0.05, 0.1) is 11.0 Å². The quantitative estimate of drug-likeness (QED) is 0.820. The second-order valence-corrected chi connectivity index (χ2v) is 9.35. The van der Waals surface area contributed by atoms with E-state index in [-0.39, 0.29) is 16.9 Å². The molecule has 1 aromatic carbocycles. The number of rotatable bonds is 6. The number of ether oxygens (including phenoxy) is 1. The molecule has 1 aromatic rings. The number of amides is 1. The van der Waals surface area contributed by atoms with Crippen molar-refractivity contribution in [2.24, 2.45) is 5.92 Å². The molecule has 1 saturated heterocycles. The molecule has 2 heterocycles. The largest absolute Gasteiger partial charge is 0.377 e. The standard InChI is InChI=1S/C19H28N2O4S/c1-14(2)10-19(22)21-8-7-15-11-18(6-5-16(15)13-21)26(23,24)20-12-17-4-3-9-25-17/h5-6,11,14,17,20H,3-4,7-10,12-13H2,1-2H3. The van der Waals surface area contributed by atoms with E-state index in [2.05, 4.69) is 4.72 Å². The van der Waals surface area contributed by atoms with Gasteiger partial charge in [0.25, 0.3) is 0 Å². The number of nitrogens with one attached hydrogen (secondary N) is 1. The maximum atomic E-state index is 12.5. The van der Waals surface area contributed by atoms with Gasteiger partial charge in [-0.25, -0.2) is 13.1 Å². The molecule has 7 heteroatoms. The fourth-order valence-corrected chi connectivity index (χ4v) is 4.60. The first-order valence-electron chi connectivity index (χ1n) is 9.36. The Morgan fingerprint density at radius 2 is 2.15 bits per heavy atom. The van der Waals surface area contributed by atoms with Gasteiger partial charge in [-0.3, -0.25) is 4.79 Å². The van der Waals surface area contributed by atoms with Crippen molar-refractivity contribution >= 4 is 15.9 Å². The zero-order valence-electron chi connectivity index (χ0n) is 15.5. The molecule has 0 aromatic heterocycles. The van der Waals surface area contributed by atoms with Crippen molar-refractivity contribution in [3.63, 3.8) is 0 Å². The summed E-state index contributed by atoms with van der Waals surface area (Å²) in [7, 11) is -3.54. The van der Waals surface area contributed by atoms with Crippen LogP contribution in [0.2, 0.25) is 0 Å². The van der Waals surface area contributed by atoms with Gasteiger partial charge < -0.3 is 9.64 Å². The third-order valence-electron chi connectivity index (χ3n) is 4.96. The monoisotopic (exact) mass is 380 g/mol. The summed E-state index contributed by atoms with van der Waals surface area (Å²) in [5.41, 5.74) is 2.05. The minimum absolute atomic E-state index is 0.0251. The van der Waals surface area contributed by atoms with Crippen molar-refractivity contribution in [1.29, 1.82) is 0 Å². The summed E-state index contributed by atoms with van der Waals surface area (Å²) < 4.78 is 33.2. The normalized spacial score (nSPS) is 20.4. The van der Waals surface area contributed by atoms with E-state index in [9.17, 15) is 13.2 Å². The fraction of sp³-hybridized carbons (Fsp3) is 0.632. The van der Waals surface area contributed by atoms with Gasteiger partial charge in [-0.15, -0.1) is 0 Å². The molecule has 6 nitrogen and oxygen atoms in total. The Balaban J connectivity index is 1.66. The lowest BCUT2D eigenvalue weighted by atomic mass is 9.99. The highest BCUT2D eigenvalue weighted by Crippen LogP contribution is 2.23. The van der Waals surface area contributed by atoms with Crippen molar-refractivity contribution in [2.45, 2.75) is 57.1 Å². The summed E-state index contributed by atoms with van der Waals surface area (Å²) in [4.78, 5) is 14.4. The fourth-order valence-electron chi connectivity index (χ4n) is 3.48. The van der Waals surface area contributed by atoms with E-state index in [0.717, 1.165) is 24.0 Å². The molecule has 0 spiro atoms. The highest BCUT2D eigenvalue weighted by molar-refractivity contribution is 7.89. The van der Waals surface area contributed by atoms with Crippen LogP contribution in [0.4, 0.5) is 0 Å². The second kappa shape index (κ2) is 8.06. The Labute approximate surface area is 156 Å². The van der Waals surface area contributed by atoms with Crippen LogP contribution in [-0.2, 0) is 32.5 Å². The predicted octanol–water partition coefficient (Wildman–Crippen LogP) is 2.07. The van der Waals surface area contributed by atoms with Crippen LogP contribution < -0.4 is 4.72 Å². The van der Waals surface area contributed by atoms with Gasteiger partial charge in [0.2, 0.25) is 15.9 Å². The zero-order valence-corrected chi connectivity index (χ0v) is 16.3. The van der Waals surface area contributed by atoms with Gasteiger partial charge >= 0.3 is 0 Å². The lowest BCUT2D eigenvalue weighted by molar-refractivity contribution is -0.132. The van der Waals surface area contributed by atoms with E-state index in [1.165, 1.54) is 0 Å². The van der Waals surface area contributed by atoms with Crippen molar-refractivity contribution in [3.8, 4) is 0 Å². The minimum Gasteiger partial charge on any atom is -0.377 e. The number of hydrogen-bond acceptors (Lipinski definition) is 4. The smallest absolute Gasteiger partial charge is 0.240 e. The van der Waals surface area contributed by atoms with Crippen LogP contribution in [0.1, 0.15) is 44.2 Å². The van der Waals surface area contributed by atoms with Crippen LogP contribution in [0.3, 0.4) is 0 Å². The van der Waals surface area contributed by atoms with Crippen molar-refractivity contribution in [3.05, 3.63) is 29.3 Å². The average Bonchev–Trinajstić information content (AvgIpc) is 3.12. The highest BCUT2D eigenvalue weighted by Gasteiger charge is 2.24. The molecule has 3 rings (SSSR count). The Morgan fingerprint density at radius 1 is 1.35 bits per heavy atom. The first-order chi connectivity index (χ1) is 12.3. The van der Waals surface area contributed by atoms with Gasteiger partial charge in [0.1, 0.15) is 0 Å². The van der Waals surface area contributed by atoms with Crippen LogP contribution in [0.15, 0.2) is 23.1 Å². The van der Waals surface area contributed by atoms with Crippen LogP contribution in [0.5, 0.6) is 0 Å². The van der Waals surface area contributed by atoms with E-state index >= 15 is 0 Å². The molecule has 2 aliphatic heterocycles. The summed E-state index contributed by atoms with van der Waals surface area (Å²) in [5, 5.41) is 0. The molecular weight excluding hydrogens is 352 g/mol. The lowest BCUT2D eigenvalue weighted by Crippen LogP contribution is -2.36. The highest BCUT2D eigenvalue weighted by atomic mass is 32.2. The summed E-state index contributed by atoms with van der Waals surface area (Å²) in [6.45, 7) is 6.30.